The quantitative estimate of drug-likeness (QED) is 0.733. The number of halogens is 4. The van der Waals surface area contributed by atoms with Crippen molar-refractivity contribution in [3.8, 4) is 0 Å². The molecule has 8 heteroatoms. The molecule has 0 aliphatic carbocycles. The molecule has 0 atom stereocenters. The zero-order chi connectivity index (χ0) is 15.6. The molecule has 21 heavy (non-hydrogen) atoms. The molecule has 0 radical (unpaired) electrons. The van der Waals surface area contributed by atoms with Gasteiger partial charge in [-0.2, -0.15) is 13.2 Å². The Kier molecular flexibility index (Phi) is 4.90. The van der Waals surface area contributed by atoms with E-state index in [9.17, 15) is 13.2 Å². The van der Waals surface area contributed by atoms with E-state index in [1.165, 1.54) is 12.1 Å². The van der Waals surface area contributed by atoms with E-state index in [0.717, 1.165) is 15.4 Å². The van der Waals surface area contributed by atoms with Crippen molar-refractivity contribution in [2.24, 2.45) is 5.73 Å². The predicted octanol–water partition coefficient (Wildman–Crippen LogP) is 4.78. The molecular weight excluding hydrogens is 385 g/mol. The number of nitrogens with two attached hydrogens (primary N) is 1. The molecule has 1 aromatic heterocycles. The second kappa shape index (κ2) is 6.33. The molecule has 0 saturated carbocycles. The molecule has 0 spiro atoms. The lowest BCUT2D eigenvalue weighted by Crippen LogP contribution is -2.18. The van der Waals surface area contributed by atoms with Crippen LogP contribution in [-0.2, 0) is 12.7 Å². The largest absolute Gasteiger partial charge is 0.417 e. The molecule has 1 aromatic carbocycles. The van der Waals surface area contributed by atoms with Gasteiger partial charge in [0.25, 0.3) is 0 Å². The lowest BCUT2D eigenvalue weighted by molar-refractivity contribution is -0.137. The molecular formula is C13H10BrF3N2S2. The van der Waals surface area contributed by atoms with Crippen molar-refractivity contribution in [3.63, 3.8) is 0 Å². The monoisotopic (exact) mass is 394 g/mol. The summed E-state index contributed by atoms with van der Waals surface area (Å²) in [6, 6.07) is 5.62. The Morgan fingerprint density at radius 2 is 2.05 bits per heavy atom. The average Bonchev–Trinajstić information content (AvgIpc) is 2.80. The van der Waals surface area contributed by atoms with Crippen LogP contribution < -0.4 is 11.1 Å². The van der Waals surface area contributed by atoms with Gasteiger partial charge in [0.2, 0.25) is 0 Å². The normalized spacial score (nSPS) is 11.4. The summed E-state index contributed by atoms with van der Waals surface area (Å²) in [5.41, 5.74) is 4.94. The van der Waals surface area contributed by atoms with Crippen LogP contribution in [0.1, 0.15) is 16.0 Å². The van der Waals surface area contributed by atoms with E-state index >= 15 is 0 Å². The number of anilines is 1. The van der Waals surface area contributed by atoms with E-state index in [1.807, 2.05) is 11.4 Å². The zero-order valence-corrected chi connectivity index (χ0v) is 13.7. The Labute approximate surface area is 137 Å². The average molecular weight is 395 g/mol. The molecule has 0 unspecified atom stereocenters. The first-order valence-electron chi connectivity index (χ1n) is 5.75. The SMILES string of the molecule is NC(=S)c1cc(NCc2cc(Br)cs2)ccc1C(F)(F)F. The van der Waals surface area contributed by atoms with Crippen molar-refractivity contribution < 1.29 is 13.2 Å². The summed E-state index contributed by atoms with van der Waals surface area (Å²) in [5.74, 6) is 0. The first-order valence-corrected chi connectivity index (χ1v) is 7.83. The van der Waals surface area contributed by atoms with Crippen LogP contribution in [0, 0.1) is 0 Å². The summed E-state index contributed by atoms with van der Waals surface area (Å²) in [5, 5.41) is 4.99. The number of thiophene rings is 1. The second-order valence-electron chi connectivity index (χ2n) is 4.21. The van der Waals surface area contributed by atoms with Gasteiger partial charge < -0.3 is 11.1 Å². The van der Waals surface area contributed by atoms with Gasteiger partial charge in [-0.15, -0.1) is 11.3 Å². The topological polar surface area (TPSA) is 38.0 Å². The van der Waals surface area contributed by atoms with E-state index in [1.54, 1.807) is 11.3 Å². The van der Waals surface area contributed by atoms with Crippen LogP contribution in [0.25, 0.3) is 0 Å². The molecule has 0 fully saturated rings. The molecule has 0 bridgehead atoms. The van der Waals surface area contributed by atoms with Gasteiger partial charge in [0, 0.05) is 32.5 Å². The van der Waals surface area contributed by atoms with Crippen LogP contribution in [0.4, 0.5) is 18.9 Å². The van der Waals surface area contributed by atoms with Crippen LogP contribution in [0.5, 0.6) is 0 Å². The Balaban J connectivity index is 2.22. The van der Waals surface area contributed by atoms with E-state index in [0.29, 0.717) is 12.2 Å². The van der Waals surface area contributed by atoms with Crippen LogP contribution in [0.2, 0.25) is 0 Å². The van der Waals surface area contributed by atoms with Crippen molar-refractivity contribution in [2.45, 2.75) is 12.7 Å². The molecule has 2 rings (SSSR count). The number of hydrogen-bond donors (Lipinski definition) is 2. The first-order chi connectivity index (χ1) is 9.77. The number of nitrogens with one attached hydrogen (secondary N) is 1. The molecule has 3 N–H and O–H groups in total. The van der Waals surface area contributed by atoms with Gasteiger partial charge in [-0.3, -0.25) is 0 Å². The lowest BCUT2D eigenvalue weighted by Gasteiger charge is -2.14. The molecule has 2 aromatic rings. The maximum absolute atomic E-state index is 12.9. The summed E-state index contributed by atoms with van der Waals surface area (Å²) in [6.45, 7) is 0.512. The fraction of sp³-hybridized carbons (Fsp3) is 0.154. The standard InChI is InChI=1S/C13H10BrF3N2S2/c14-7-3-9(21-6-7)5-19-8-1-2-11(13(15,16)17)10(4-8)12(18)20/h1-4,6,19H,5H2,(H2,18,20). The van der Waals surface area contributed by atoms with Crippen LogP contribution in [0.3, 0.4) is 0 Å². The third kappa shape index (κ3) is 4.18. The summed E-state index contributed by atoms with van der Waals surface area (Å²) >= 11 is 9.60. The van der Waals surface area contributed by atoms with Gasteiger partial charge in [0.05, 0.1) is 5.56 Å². The van der Waals surface area contributed by atoms with Crippen molar-refractivity contribution in [1.82, 2.24) is 0 Å². The number of hydrogen-bond acceptors (Lipinski definition) is 3. The fourth-order valence-corrected chi connectivity index (χ4v) is 3.30. The van der Waals surface area contributed by atoms with Gasteiger partial charge in [0.1, 0.15) is 4.99 Å². The maximum atomic E-state index is 12.9. The molecule has 0 aliphatic heterocycles. The maximum Gasteiger partial charge on any atom is 0.417 e. The Morgan fingerprint density at radius 3 is 2.57 bits per heavy atom. The number of rotatable bonds is 4. The zero-order valence-electron chi connectivity index (χ0n) is 10.5. The highest BCUT2D eigenvalue weighted by Crippen LogP contribution is 2.33. The van der Waals surface area contributed by atoms with Crippen molar-refractivity contribution in [2.75, 3.05) is 5.32 Å². The predicted molar refractivity (Wildman–Crippen MR) is 86.7 cm³/mol. The number of alkyl halides is 3. The number of thiocarbonyl (C=S) groups is 1. The van der Waals surface area contributed by atoms with Gasteiger partial charge in [-0.1, -0.05) is 12.2 Å². The minimum atomic E-state index is -4.48. The van der Waals surface area contributed by atoms with Gasteiger partial charge in [-0.25, -0.2) is 0 Å². The molecule has 0 saturated heterocycles. The summed E-state index contributed by atoms with van der Waals surface area (Å²) in [4.78, 5) is 0.781. The van der Waals surface area contributed by atoms with Gasteiger partial charge in [-0.05, 0) is 40.2 Å². The minimum Gasteiger partial charge on any atom is -0.389 e. The minimum absolute atomic E-state index is 0.171. The Hall–Kier alpha value is -1.12. The number of benzene rings is 1. The third-order valence-corrected chi connectivity index (χ3v) is 4.60. The fourth-order valence-electron chi connectivity index (χ4n) is 1.74. The van der Waals surface area contributed by atoms with Crippen molar-refractivity contribution >= 4 is 50.2 Å². The van der Waals surface area contributed by atoms with E-state index < -0.39 is 11.7 Å². The summed E-state index contributed by atoms with van der Waals surface area (Å²) in [6.07, 6.45) is -4.48. The highest BCUT2D eigenvalue weighted by molar-refractivity contribution is 9.10. The van der Waals surface area contributed by atoms with E-state index in [4.69, 9.17) is 18.0 Å². The second-order valence-corrected chi connectivity index (χ2v) is 6.56. The smallest absolute Gasteiger partial charge is 0.389 e. The van der Waals surface area contributed by atoms with Crippen LogP contribution in [0.15, 0.2) is 34.1 Å². The first kappa shape index (κ1) is 16.3. The molecule has 2 nitrogen and oxygen atoms in total. The van der Waals surface area contributed by atoms with E-state index in [-0.39, 0.29) is 10.6 Å². The van der Waals surface area contributed by atoms with Gasteiger partial charge in [0.15, 0.2) is 0 Å². The molecule has 0 aliphatic rings. The molecule has 1 heterocycles. The van der Waals surface area contributed by atoms with Crippen molar-refractivity contribution in [3.05, 3.63) is 50.1 Å². The van der Waals surface area contributed by atoms with Crippen LogP contribution in [-0.4, -0.2) is 4.99 Å². The molecule has 112 valence electrons. The van der Waals surface area contributed by atoms with Gasteiger partial charge >= 0.3 is 6.18 Å². The molecule has 0 amide bonds. The third-order valence-electron chi connectivity index (χ3n) is 2.68. The highest BCUT2D eigenvalue weighted by Gasteiger charge is 2.34. The van der Waals surface area contributed by atoms with E-state index in [2.05, 4.69) is 21.2 Å². The lowest BCUT2D eigenvalue weighted by atomic mass is 10.1. The summed E-state index contributed by atoms with van der Waals surface area (Å²) in [7, 11) is 0. The Morgan fingerprint density at radius 1 is 1.33 bits per heavy atom. The Bertz CT molecular complexity index is 668. The highest BCUT2D eigenvalue weighted by atomic mass is 79.9. The van der Waals surface area contributed by atoms with Crippen molar-refractivity contribution in [1.29, 1.82) is 0 Å². The van der Waals surface area contributed by atoms with Crippen LogP contribution >= 0.6 is 39.5 Å². The summed E-state index contributed by atoms with van der Waals surface area (Å²) < 4.78 is 39.5.